The summed E-state index contributed by atoms with van der Waals surface area (Å²) < 4.78 is 0. The number of carbonyl (C=O) groups excluding carboxylic acids is 1. The first-order valence-electron chi connectivity index (χ1n) is 10.4. The van der Waals surface area contributed by atoms with Crippen LogP contribution < -0.4 is 10.6 Å². The SMILES string of the molecule is Cc1cc(C)c(C(NCCc2cccnc2)C(=O)NCCc2cccnc2)cc1C. The van der Waals surface area contributed by atoms with Crippen LogP contribution in [0.1, 0.15) is 39.4 Å². The maximum atomic E-state index is 13.1. The number of carbonyl (C=O) groups is 1. The van der Waals surface area contributed by atoms with E-state index >= 15 is 0 Å². The van der Waals surface area contributed by atoms with Gasteiger partial charge in [-0.3, -0.25) is 14.8 Å². The van der Waals surface area contributed by atoms with Crippen molar-refractivity contribution in [2.24, 2.45) is 0 Å². The number of rotatable bonds is 9. The van der Waals surface area contributed by atoms with Crippen molar-refractivity contribution in [1.82, 2.24) is 20.6 Å². The standard InChI is InChI=1S/C25H30N4O/c1-18-14-20(3)23(15-19(18)2)24(28-12-8-21-6-4-10-26-16-21)25(30)29-13-9-22-7-5-11-27-17-22/h4-7,10-11,14-17,24,28H,8-9,12-13H2,1-3H3,(H,29,30). The summed E-state index contributed by atoms with van der Waals surface area (Å²) in [7, 11) is 0. The molecule has 1 atom stereocenters. The van der Waals surface area contributed by atoms with E-state index in [1.807, 2.05) is 30.6 Å². The van der Waals surface area contributed by atoms with Gasteiger partial charge in [-0.25, -0.2) is 0 Å². The summed E-state index contributed by atoms with van der Waals surface area (Å²) in [5.41, 5.74) is 6.85. The topological polar surface area (TPSA) is 66.9 Å². The molecule has 0 saturated heterocycles. The number of amides is 1. The van der Waals surface area contributed by atoms with Crippen molar-refractivity contribution in [3.63, 3.8) is 0 Å². The zero-order chi connectivity index (χ0) is 21.3. The van der Waals surface area contributed by atoms with Crippen LogP contribution >= 0.6 is 0 Å². The summed E-state index contributed by atoms with van der Waals surface area (Å²) in [5, 5.41) is 6.57. The predicted molar refractivity (Wildman–Crippen MR) is 120 cm³/mol. The van der Waals surface area contributed by atoms with Gasteiger partial charge in [-0.05, 0) is 79.1 Å². The molecule has 3 aromatic rings. The van der Waals surface area contributed by atoms with Gasteiger partial charge >= 0.3 is 0 Å². The van der Waals surface area contributed by atoms with Crippen molar-refractivity contribution in [2.45, 2.75) is 39.7 Å². The molecule has 0 bridgehead atoms. The van der Waals surface area contributed by atoms with E-state index < -0.39 is 6.04 Å². The van der Waals surface area contributed by atoms with Gasteiger partial charge < -0.3 is 10.6 Å². The number of hydrogen-bond donors (Lipinski definition) is 2. The molecule has 0 aliphatic heterocycles. The smallest absolute Gasteiger partial charge is 0.241 e. The molecule has 0 radical (unpaired) electrons. The lowest BCUT2D eigenvalue weighted by Gasteiger charge is -2.22. The number of aryl methyl sites for hydroxylation is 3. The number of pyridine rings is 2. The summed E-state index contributed by atoms with van der Waals surface area (Å²) in [6.07, 6.45) is 8.81. The molecular weight excluding hydrogens is 372 g/mol. The van der Waals surface area contributed by atoms with Crippen molar-refractivity contribution >= 4 is 5.91 Å². The predicted octanol–water partition coefficient (Wildman–Crippen LogP) is 3.63. The van der Waals surface area contributed by atoms with Crippen molar-refractivity contribution in [2.75, 3.05) is 13.1 Å². The maximum absolute atomic E-state index is 13.1. The average Bonchev–Trinajstić information content (AvgIpc) is 2.75. The molecule has 0 aliphatic carbocycles. The first-order chi connectivity index (χ1) is 14.5. The Morgan fingerprint density at radius 2 is 1.47 bits per heavy atom. The van der Waals surface area contributed by atoms with Crippen LogP contribution in [0.3, 0.4) is 0 Å². The zero-order valence-corrected chi connectivity index (χ0v) is 18.0. The highest BCUT2D eigenvalue weighted by atomic mass is 16.2. The molecule has 1 amide bonds. The number of nitrogens with one attached hydrogen (secondary N) is 2. The number of benzene rings is 1. The summed E-state index contributed by atoms with van der Waals surface area (Å²) in [4.78, 5) is 21.4. The van der Waals surface area contributed by atoms with Gasteiger partial charge in [0.2, 0.25) is 5.91 Å². The Balaban J connectivity index is 1.69. The minimum Gasteiger partial charge on any atom is -0.354 e. The van der Waals surface area contributed by atoms with Crippen LogP contribution in [-0.2, 0) is 17.6 Å². The highest BCUT2D eigenvalue weighted by Gasteiger charge is 2.22. The van der Waals surface area contributed by atoms with Gasteiger partial charge in [0, 0.05) is 37.9 Å². The van der Waals surface area contributed by atoms with Gasteiger partial charge in [0.25, 0.3) is 0 Å². The van der Waals surface area contributed by atoms with Crippen LogP contribution in [0.4, 0.5) is 0 Å². The van der Waals surface area contributed by atoms with Crippen LogP contribution in [0, 0.1) is 20.8 Å². The highest BCUT2D eigenvalue weighted by Crippen LogP contribution is 2.22. The minimum atomic E-state index is -0.394. The lowest BCUT2D eigenvalue weighted by Crippen LogP contribution is -2.39. The van der Waals surface area contributed by atoms with Crippen molar-refractivity contribution in [3.05, 3.63) is 94.6 Å². The maximum Gasteiger partial charge on any atom is 0.241 e. The third-order valence-corrected chi connectivity index (χ3v) is 5.38. The summed E-state index contributed by atoms with van der Waals surface area (Å²) in [6, 6.07) is 11.8. The Bertz CT molecular complexity index is 958. The number of aromatic nitrogens is 2. The van der Waals surface area contributed by atoms with Crippen molar-refractivity contribution in [3.8, 4) is 0 Å². The molecular formula is C25H30N4O. The third-order valence-electron chi connectivity index (χ3n) is 5.38. The molecule has 0 spiro atoms. The van der Waals surface area contributed by atoms with Gasteiger partial charge in [-0.2, -0.15) is 0 Å². The molecule has 2 aromatic heterocycles. The van der Waals surface area contributed by atoms with Crippen LogP contribution in [0.5, 0.6) is 0 Å². The van der Waals surface area contributed by atoms with E-state index in [1.165, 1.54) is 11.1 Å². The second-order valence-electron chi connectivity index (χ2n) is 7.69. The molecule has 0 aliphatic rings. The van der Waals surface area contributed by atoms with Crippen LogP contribution in [0.2, 0.25) is 0 Å². The quantitative estimate of drug-likeness (QED) is 0.574. The Labute approximate surface area is 179 Å². The molecule has 5 nitrogen and oxygen atoms in total. The first kappa shape index (κ1) is 21.7. The lowest BCUT2D eigenvalue weighted by molar-refractivity contribution is -0.123. The van der Waals surface area contributed by atoms with E-state index in [1.54, 1.807) is 12.4 Å². The molecule has 0 saturated carbocycles. The van der Waals surface area contributed by atoms with Crippen LogP contribution in [-0.4, -0.2) is 29.0 Å². The van der Waals surface area contributed by atoms with Crippen LogP contribution in [0.25, 0.3) is 0 Å². The first-order valence-corrected chi connectivity index (χ1v) is 10.4. The highest BCUT2D eigenvalue weighted by molar-refractivity contribution is 5.83. The van der Waals surface area contributed by atoms with E-state index in [2.05, 4.69) is 59.6 Å². The normalized spacial score (nSPS) is 11.8. The second-order valence-corrected chi connectivity index (χ2v) is 7.69. The number of nitrogens with zero attached hydrogens (tertiary/aromatic N) is 2. The van der Waals surface area contributed by atoms with Gasteiger partial charge in [-0.15, -0.1) is 0 Å². The lowest BCUT2D eigenvalue weighted by atomic mass is 9.95. The fourth-order valence-electron chi connectivity index (χ4n) is 3.52. The average molecular weight is 403 g/mol. The Morgan fingerprint density at radius 3 is 2.07 bits per heavy atom. The Morgan fingerprint density at radius 1 is 0.867 bits per heavy atom. The van der Waals surface area contributed by atoms with Gasteiger partial charge in [-0.1, -0.05) is 24.3 Å². The minimum absolute atomic E-state index is 0.00331. The number of hydrogen-bond acceptors (Lipinski definition) is 4. The molecule has 5 heteroatoms. The van der Waals surface area contributed by atoms with E-state index in [0.717, 1.165) is 35.1 Å². The molecule has 156 valence electrons. The summed E-state index contributed by atoms with van der Waals surface area (Å²) in [5.74, 6) is -0.00331. The van der Waals surface area contributed by atoms with Crippen LogP contribution in [0.15, 0.2) is 61.2 Å². The van der Waals surface area contributed by atoms with Crippen molar-refractivity contribution in [1.29, 1.82) is 0 Å². The largest absolute Gasteiger partial charge is 0.354 e. The molecule has 1 unspecified atom stereocenters. The monoisotopic (exact) mass is 402 g/mol. The fourth-order valence-corrected chi connectivity index (χ4v) is 3.52. The molecule has 2 N–H and O–H groups in total. The van der Waals surface area contributed by atoms with Gasteiger partial charge in [0.15, 0.2) is 0 Å². The fraction of sp³-hybridized carbons (Fsp3) is 0.320. The molecule has 3 rings (SSSR count). The Kier molecular flexibility index (Phi) is 7.69. The summed E-state index contributed by atoms with van der Waals surface area (Å²) >= 11 is 0. The van der Waals surface area contributed by atoms with E-state index in [9.17, 15) is 4.79 Å². The molecule has 1 aromatic carbocycles. The van der Waals surface area contributed by atoms with E-state index in [0.29, 0.717) is 13.1 Å². The Hall–Kier alpha value is -3.05. The third kappa shape index (κ3) is 5.97. The van der Waals surface area contributed by atoms with E-state index in [-0.39, 0.29) is 5.91 Å². The second kappa shape index (κ2) is 10.6. The zero-order valence-electron chi connectivity index (χ0n) is 18.0. The molecule has 0 fully saturated rings. The van der Waals surface area contributed by atoms with Crippen molar-refractivity contribution < 1.29 is 4.79 Å². The summed E-state index contributed by atoms with van der Waals surface area (Å²) in [6.45, 7) is 7.53. The van der Waals surface area contributed by atoms with E-state index in [4.69, 9.17) is 0 Å². The van der Waals surface area contributed by atoms with Gasteiger partial charge in [0.05, 0.1) is 0 Å². The molecule has 2 heterocycles. The molecule has 30 heavy (non-hydrogen) atoms. The van der Waals surface area contributed by atoms with Gasteiger partial charge in [0.1, 0.15) is 6.04 Å².